The van der Waals surface area contributed by atoms with E-state index in [2.05, 4.69) is 10.4 Å². The lowest BCUT2D eigenvalue weighted by Gasteiger charge is -2.12. The van der Waals surface area contributed by atoms with Crippen molar-refractivity contribution < 1.29 is 13.9 Å². The normalized spacial score (nSPS) is 11.0. The molecular formula is C17H17N3O4. The zero-order chi connectivity index (χ0) is 17.1. The SMILES string of the molecule is CC(C)n1nccc1NC(=O)COc1ccc2ccc(=O)oc2c1. The van der Waals surface area contributed by atoms with E-state index < -0.39 is 5.63 Å². The number of amides is 1. The van der Waals surface area contributed by atoms with Crippen molar-refractivity contribution in [1.82, 2.24) is 9.78 Å². The summed E-state index contributed by atoms with van der Waals surface area (Å²) in [7, 11) is 0. The summed E-state index contributed by atoms with van der Waals surface area (Å²) in [5.41, 5.74) is -0.0161. The molecule has 3 aromatic rings. The summed E-state index contributed by atoms with van der Waals surface area (Å²) in [5.74, 6) is 0.763. The van der Waals surface area contributed by atoms with Crippen LogP contribution in [0.5, 0.6) is 5.75 Å². The molecular weight excluding hydrogens is 310 g/mol. The first-order valence-corrected chi connectivity index (χ1v) is 7.53. The first-order chi connectivity index (χ1) is 11.5. The van der Waals surface area contributed by atoms with Crippen LogP contribution < -0.4 is 15.7 Å². The number of fused-ring (bicyclic) bond motifs is 1. The fraction of sp³-hybridized carbons (Fsp3) is 0.235. The Morgan fingerprint density at radius 1 is 1.29 bits per heavy atom. The summed E-state index contributed by atoms with van der Waals surface area (Å²) in [6.07, 6.45) is 1.63. The number of carbonyl (C=O) groups is 1. The Balaban J connectivity index is 1.65. The minimum Gasteiger partial charge on any atom is -0.484 e. The summed E-state index contributed by atoms with van der Waals surface area (Å²) in [4.78, 5) is 23.3. The lowest BCUT2D eigenvalue weighted by molar-refractivity contribution is -0.118. The van der Waals surface area contributed by atoms with Gasteiger partial charge < -0.3 is 14.5 Å². The van der Waals surface area contributed by atoms with Gasteiger partial charge in [0.05, 0.1) is 6.20 Å². The predicted molar refractivity (Wildman–Crippen MR) is 89.2 cm³/mol. The summed E-state index contributed by atoms with van der Waals surface area (Å²) in [6.45, 7) is 3.79. The topological polar surface area (TPSA) is 86.4 Å². The highest BCUT2D eigenvalue weighted by Gasteiger charge is 2.10. The highest BCUT2D eigenvalue weighted by Crippen LogP contribution is 2.19. The van der Waals surface area contributed by atoms with Crippen LogP contribution in [-0.4, -0.2) is 22.3 Å². The molecule has 0 radical (unpaired) electrons. The average molecular weight is 327 g/mol. The van der Waals surface area contributed by atoms with Gasteiger partial charge in [-0.25, -0.2) is 9.48 Å². The third-order valence-electron chi connectivity index (χ3n) is 3.39. The van der Waals surface area contributed by atoms with Crippen LogP contribution in [0.1, 0.15) is 19.9 Å². The number of benzene rings is 1. The van der Waals surface area contributed by atoms with E-state index in [-0.39, 0.29) is 18.6 Å². The van der Waals surface area contributed by atoms with Gasteiger partial charge in [0, 0.05) is 29.6 Å². The second kappa shape index (κ2) is 6.57. The molecule has 0 saturated heterocycles. The van der Waals surface area contributed by atoms with Crippen LogP contribution in [-0.2, 0) is 4.79 Å². The highest BCUT2D eigenvalue weighted by molar-refractivity contribution is 5.91. The number of rotatable bonds is 5. The summed E-state index contributed by atoms with van der Waals surface area (Å²) in [5, 5.41) is 7.68. The Morgan fingerprint density at radius 3 is 2.88 bits per heavy atom. The number of nitrogens with one attached hydrogen (secondary N) is 1. The lowest BCUT2D eigenvalue weighted by atomic mass is 10.2. The van der Waals surface area contributed by atoms with Crippen LogP contribution in [0.4, 0.5) is 5.82 Å². The van der Waals surface area contributed by atoms with Gasteiger partial charge in [0.1, 0.15) is 17.2 Å². The Kier molecular flexibility index (Phi) is 4.33. The highest BCUT2D eigenvalue weighted by atomic mass is 16.5. The zero-order valence-electron chi connectivity index (χ0n) is 13.4. The molecule has 1 amide bonds. The van der Waals surface area contributed by atoms with E-state index in [1.807, 2.05) is 13.8 Å². The van der Waals surface area contributed by atoms with Gasteiger partial charge in [0.2, 0.25) is 0 Å². The summed E-state index contributed by atoms with van der Waals surface area (Å²) < 4.78 is 12.3. The monoisotopic (exact) mass is 327 g/mol. The van der Waals surface area contributed by atoms with E-state index in [1.54, 1.807) is 41.2 Å². The average Bonchev–Trinajstić information content (AvgIpc) is 3.00. The number of anilines is 1. The van der Waals surface area contributed by atoms with E-state index in [0.717, 1.165) is 5.39 Å². The van der Waals surface area contributed by atoms with Gasteiger partial charge in [0.15, 0.2) is 6.61 Å². The molecule has 1 aromatic carbocycles. The molecule has 7 heteroatoms. The van der Waals surface area contributed by atoms with E-state index in [0.29, 0.717) is 17.2 Å². The van der Waals surface area contributed by atoms with E-state index in [4.69, 9.17) is 9.15 Å². The predicted octanol–water partition coefficient (Wildman–Crippen LogP) is 2.59. The van der Waals surface area contributed by atoms with Crippen LogP contribution in [0, 0.1) is 0 Å². The van der Waals surface area contributed by atoms with Crippen LogP contribution in [0.2, 0.25) is 0 Å². The van der Waals surface area contributed by atoms with Gasteiger partial charge in [0.25, 0.3) is 5.91 Å². The van der Waals surface area contributed by atoms with Gasteiger partial charge >= 0.3 is 5.63 Å². The van der Waals surface area contributed by atoms with Gasteiger partial charge in [-0.3, -0.25) is 4.79 Å². The molecule has 0 unspecified atom stereocenters. The number of carbonyl (C=O) groups excluding carboxylic acids is 1. The smallest absolute Gasteiger partial charge is 0.336 e. The quantitative estimate of drug-likeness (QED) is 0.728. The molecule has 24 heavy (non-hydrogen) atoms. The van der Waals surface area contributed by atoms with Crippen LogP contribution in [0.3, 0.4) is 0 Å². The van der Waals surface area contributed by atoms with Crippen molar-refractivity contribution in [2.75, 3.05) is 11.9 Å². The molecule has 7 nitrogen and oxygen atoms in total. The summed E-state index contributed by atoms with van der Waals surface area (Å²) >= 11 is 0. The fourth-order valence-electron chi connectivity index (χ4n) is 2.28. The molecule has 0 aliphatic carbocycles. The Morgan fingerprint density at radius 2 is 2.08 bits per heavy atom. The second-order valence-electron chi connectivity index (χ2n) is 5.55. The minimum absolute atomic E-state index is 0.139. The number of hydrogen-bond donors (Lipinski definition) is 1. The van der Waals surface area contributed by atoms with E-state index in [9.17, 15) is 9.59 Å². The van der Waals surface area contributed by atoms with E-state index >= 15 is 0 Å². The van der Waals surface area contributed by atoms with Crippen molar-refractivity contribution in [2.24, 2.45) is 0 Å². The largest absolute Gasteiger partial charge is 0.484 e. The Bertz CT molecular complexity index is 927. The van der Waals surface area contributed by atoms with Gasteiger partial charge in [-0.1, -0.05) is 0 Å². The van der Waals surface area contributed by atoms with Crippen LogP contribution >= 0.6 is 0 Å². The maximum Gasteiger partial charge on any atom is 0.336 e. The molecule has 1 N–H and O–H groups in total. The maximum absolute atomic E-state index is 12.0. The van der Waals surface area contributed by atoms with Crippen molar-refractivity contribution in [3.63, 3.8) is 0 Å². The first kappa shape index (κ1) is 15.8. The lowest BCUT2D eigenvalue weighted by Crippen LogP contribution is -2.22. The molecule has 0 atom stereocenters. The molecule has 0 bridgehead atoms. The van der Waals surface area contributed by atoms with Gasteiger partial charge in [-0.2, -0.15) is 5.10 Å². The summed E-state index contributed by atoms with van der Waals surface area (Å²) in [6, 6.07) is 9.96. The molecule has 2 aromatic heterocycles. The third kappa shape index (κ3) is 3.45. The van der Waals surface area contributed by atoms with Crippen molar-refractivity contribution in [3.05, 3.63) is 53.0 Å². The van der Waals surface area contributed by atoms with Crippen molar-refractivity contribution in [2.45, 2.75) is 19.9 Å². The molecule has 3 rings (SSSR count). The molecule has 0 aliphatic rings. The molecule has 0 aliphatic heterocycles. The maximum atomic E-state index is 12.0. The van der Waals surface area contributed by atoms with Crippen molar-refractivity contribution in [1.29, 1.82) is 0 Å². The molecule has 0 spiro atoms. The van der Waals surface area contributed by atoms with Gasteiger partial charge in [-0.05, 0) is 32.0 Å². The van der Waals surface area contributed by atoms with Crippen molar-refractivity contribution in [3.8, 4) is 5.75 Å². The number of hydrogen-bond acceptors (Lipinski definition) is 5. The van der Waals surface area contributed by atoms with E-state index in [1.165, 1.54) is 6.07 Å². The zero-order valence-corrected chi connectivity index (χ0v) is 13.4. The van der Waals surface area contributed by atoms with Crippen LogP contribution in [0.25, 0.3) is 11.0 Å². The molecule has 0 saturated carbocycles. The first-order valence-electron chi connectivity index (χ1n) is 7.53. The standard InChI is InChI=1S/C17H17N3O4/c1-11(2)20-15(7-8-18-20)19-16(21)10-23-13-5-3-12-4-6-17(22)24-14(12)9-13/h3-9,11H,10H2,1-2H3,(H,19,21). The number of ether oxygens (including phenoxy) is 1. The van der Waals surface area contributed by atoms with Crippen LogP contribution in [0.15, 0.2) is 51.8 Å². The molecule has 0 fully saturated rings. The Labute approximate surface area is 137 Å². The number of aromatic nitrogens is 2. The second-order valence-corrected chi connectivity index (χ2v) is 5.55. The van der Waals surface area contributed by atoms with Crippen molar-refractivity contribution >= 4 is 22.7 Å². The molecule has 124 valence electrons. The third-order valence-corrected chi connectivity index (χ3v) is 3.39. The number of nitrogens with zero attached hydrogens (tertiary/aromatic N) is 2. The van der Waals surface area contributed by atoms with Gasteiger partial charge in [-0.15, -0.1) is 0 Å². The minimum atomic E-state index is -0.431. The molecule has 2 heterocycles. The Hall–Kier alpha value is -3.09. The fourth-order valence-corrected chi connectivity index (χ4v) is 2.28.